The van der Waals surface area contributed by atoms with Gasteiger partial charge in [-0.05, 0) is 41.6 Å². The van der Waals surface area contributed by atoms with Crippen molar-refractivity contribution in [3.05, 3.63) is 65.4 Å². The summed E-state index contributed by atoms with van der Waals surface area (Å²) in [6.07, 6.45) is 3.81. The first-order valence-corrected chi connectivity index (χ1v) is 8.97. The smallest absolute Gasteiger partial charge is 0.228 e. The van der Waals surface area contributed by atoms with E-state index in [0.717, 1.165) is 37.3 Å². The van der Waals surface area contributed by atoms with Crippen LogP contribution in [0.5, 0.6) is 0 Å². The lowest BCUT2D eigenvalue weighted by atomic mass is 9.94. The van der Waals surface area contributed by atoms with Crippen molar-refractivity contribution >= 4 is 22.5 Å². The Morgan fingerprint density at radius 1 is 1.12 bits per heavy atom. The number of likely N-dealkylation sites (tertiary alicyclic amines) is 1. The molecule has 5 rings (SSSR count). The number of benzene rings is 2. The van der Waals surface area contributed by atoms with E-state index >= 15 is 0 Å². The second-order valence-electron chi connectivity index (χ2n) is 7.19. The van der Waals surface area contributed by atoms with Gasteiger partial charge in [0.05, 0.1) is 6.42 Å². The molecule has 1 unspecified atom stereocenters. The molecule has 1 fully saturated rings. The van der Waals surface area contributed by atoms with E-state index in [1.807, 2.05) is 0 Å². The van der Waals surface area contributed by atoms with E-state index in [0.29, 0.717) is 12.3 Å². The minimum Gasteiger partial charge on any atom is -0.361 e. The first-order chi connectivity index (χ1) is 12.3. The molecule has 1 saturated heterocycles. The number of nitrogens with zero attached hydrogens (tertiary/aromatic N) is 1. The van der Waals surface area contributed by atoms with E-state index in [9.17, 15) is 4.79 Å². The molecule has 25 heavy (non-hydrogen) atoms. The minimum absolute atomic E-state index is 0.121. The molecule has 0 spiro atoms. The van der Waals surface area contributed by atoms with Crippen LogP contribution in [0.4, 0.5) is 5.69 Å². The highest BCUT2D eigenvalue weighted by atomic mass is 16.1. The molecule has 0 saturated carbocycles. The molecule has 3 aromatic rings. The number of carbonyl (C=O) groups is 1. The molecule has 4 nitrogen and oxygen atoms in total. The third kappa shape index (κ3) is 2.53. The summed E-state index contributed by atoms with van der Waals surface area (Å²) in [5.74, 6) is 0.620. The summed E-state index contributed by atoms with van der Waals surface area (Å²) < 4.78 is 0. The number of hydrogen-bond acceptors (Lipinski definition) is 2. The van der Waals surface area contributed by atoms with E-state index in [4.69, 9.17) is 0 Å². The Kier molecular flexibility index (Phi) is 3.38. The highest BCUT2D eigenvalue weighted by Gasteiger charge is 2.29. The van der Waals surface area contributed by atoms with E-state index in [1.165, 1.54) is 22.0 Å². The molecule has 1 aromatic heterocycles. The number of fused-ring (bicyclic) bond motifs is 2. The molecule has 2 N–H and O–H groups in total. The van der Waals surface area contributed by atoms with Gasteiger partial charge in [0.1, 0.15) is 0 Å². The van der Waals surface area contributed by atoms with Crippen LogP contribution >= 0.6 is 0 Å². The van der Waals surface area contributed by atoms with Gasteiger partial charge in [0, 0.05) is 35.9 Å². The van der Waals surface area contributed by atoms with Crippen molar-refractivity contribution in [2.45, 2.75) is 25.3 Å². The van der Waals surface area contributed by atoms with Crippen LogP contribution in [0.25, 0.3) is 10.9 Å². The van der Waals surface area contributed by atoms with Crippen LogP contribution in [0.3, 0.4) is 0 Å². The summed E-state index contributed by atoms with van der Waals surface area (Å²) in [7, 11) is 0. The molecule has 1 atom stereocenters. The van der Waals surface area contributed by atoms with E-state index in [1.54, 1.807) is 0 Å². The highest BCUT2D eigenvalue weighted by molar-refractivity contribution is 6.00. The number of nitrogens with one attached hydrogen (secondary N) is 2. The monoisotopic (exact) mass is 331 g/mol. The lowest BCUT2D eigenvalue weighted by Crippen LogP contribution is -2.19. The second kappa shape index (κ2) is 5.74. The first kappa shape index (κ1) is 14.7. The van der Waals surface area contributed by atoms with Gasteiger partial charge < -0.3 is 10.3 Å². The first-order valence-electron chi connectivity index (χ1n) is 8.97. The summed E-state index contributed by atoms with van der Waals surface area (Å²) in [6, 6.07) is 14.8. The largest absolute Gasteiger partial charge is 0.361 e. The van der Waals surface area contributed by atoms with Gasteiger partial charge in [0.25, 0.3) is 0 Å². The third-order valence-electron chi connectivity index (χ3n) is 5.58. The van der Waals surface area contributed by atoms with Gasteiger partial charge in [0.2, 0.25) is 5.91 Å². The maximum atomic E-state index is 11.7. The van der Waals surface area contributed by atoms with Crippen LogP contribution in [-0.4, -0.2) is 28.9 Å². The van der Waals surface area contributed by atoms with Gasteiger partial charge in [-0.25, -0.2) is 0 Å². The Hall–Kier alpha value is -2.59. The third-order valence-corrected chi connectivity index (χ3v) is 5.58. The molecule has 2 aromatic carbocycles. The molecule has 4 heteroatoms. The number of H-pyrrole nitrogens is 1. The molecule has 126 valence electrons. The van der Waals surface area contributed by atoms with Crippen LogP contribution in [0.1, 0.15) is 29.0 Å². The number of hydrogen-bond donors (Lipinski definition) is 2. The summed E-state index contributed by atoms with van der Waals surface area (Å²) >= 11 is 0. The molecule has 0 aliphatic carbocycles. The SMILES string of the molecule is O=C1Cc2cccc(C3CCN(Cc4c[nH]c5ccccc45)C3)c2N1. The number of amides is 1. The lowest BCUT2D eigenvalue weighted by molar-refractivity contribution is -0.115. The van der Waals surface area contributed by atoms with Gasteiger partial charge in [-0.15, -0.1) is 0 Å². The van der Waals surface area contributed by atoms with E-state index in [-0.39, 0.29) is 5.91 Å². The average Bonchev–Trinajstić information content (AvgIpc) is 3.33. The zero-order valence-electron chi connectivity index (χ0n) is 14.1. The summed E-state index contributed by atoms with van der Waals surface area (Å²) in [5.41, 5.74) is 6.11. The van der Waals surface area contributed by atoms with Crippen molar-refractivity contribution in [2.75, 3.05) is 18.4 Å². The number of carbonyl (C=O) groups excluding carboxylic acids is 1. The predicted molar refractivity (Wildman–Crippen MR) is 99.7 cm³/mol. The standard InChI is InChI=1S/C21H21N3O/c25-20-10-14-4-3-6-18(21(14)23-20)15-8-9-24(12-15)13-16-11-22-19-7-2-1-5-17(16)19/h1-7,11,15,22H,8-10,12-13H2,(H,23,25). The second-order valence-corrected chi connectivity index (χ2v) is 7.19. The zero-order valence-corrected chi connectivity index (χ0v) is 14.1. The molecule has 1 amide bonds. The highest BCUT2D eigenvalue weighted by Crippen LogP contribution is 2.37. The quantitative estimate of drug-likeness (QED) is 0.769. The van der Waals surface area contributed by atoms with Gasteiger partial charge in [-0.2, -0.15) is 0 Å². The molecule has 3 heterocycles. The fourth-order valence-electron chi connectivity index (χ4n) is 4.35. The van der Waals surface area contributed by atoms with Gasteiger partial charge in [0.15, 0.2) is 0 Å². The zero-order chi connectivity index (χ0) is 16.8. The normalized spacial score (nSPS) is 20.2. The van der Waals surface area contributed by atoms with Crippen LogP contribution in [0.2, 0.25) is 0 Å². The number of rotatable bonds is 3. The van der Waals surface area contributed by atoms with Crippen molar-refractivity contribution in [3.8, 4) is 0 Å². The van der Waals surface area contributed by atoms with Crippen LogP contribution in [0, 0.1) is 0 Å². The molecular formula is C21H21N3O. The van der Waals surface area contributed by atoms with Crippen molar-refractivity contribution in [2.24, 2.45) is 0 Å². The van der Waals surface area contributed by atoms with Gasteiger partial charge in [-0.1, -0.05) is 36.4 Å². The van der Waals surface area contributed by atoms with Gasteiger partial charge in [-0.3, -0.25) is 9.69 Å². The lowest BCUT2D eigenvalue weighted by Gasteiger charge is -2.17. The fourth-order valence-corrected chi connectivity index (χ4v) is 4.35. The number of aromatic nitrogens is 1. The van der Waals surface area contributed by atoms with Crippen molar-refractivity contribution in [1.82, 2.24) is 9.88 Å². The Labute approximate surface area is 146 Å². The molecule has 2 aliphatic heterocycles. The summed E-state index contributed by atoms with van der Waals surface area (Å²) in [4.78, 5) is 17.6. The van der Waals surface area contributed by atoms with Crippen molar-refractivity contribution in [1.29, 1.82) is 0 Å². The Bertz CT molecular complexity index is 959. The summed E-state index contributed by atoms with van der Waals surface area (Å²) in [6.45, 7) is 3.12. The average molecular weight is 331 g/mol. The van der Waals surface area contributed by atoms with E-state index < -0.39 is 0 Å². The number of aromatic amines is 1. The minimum atomic E-state index is 0.121. The maximum Gasteiger partial charge on any atom is 0.228 e. The Morgan fingerprint density at radius 3 is 3.00 bits per heavy atom. The van der Waals surface area contributed by atoms with Gasteiger partial charge >= 0.3 is 0 Å². The van der Waals surface area contributed by atoms with Crippen molar-refractivity contribution < 1.29 is 4.79 Å². The summed E-state index contributed by atoms with van der Waals surface area (Å²) in [5, 5.41) is 4.38. The maximum absolute atomic E-state index is 11.7. The predicted octanol–water partition coefficient (Wildman–Crippen LogP) is 3.65. The van der Waals surface area contributed by atoms with Crippen LogP contribution in [-0.2, 0) is 17.8 Å². The molecule has 0 bridgehead atoms. The number of anilines is 1. The molecule has 0 radical (unpaired) electrons. The van der Waals surface area contributed by atoms with Crippen LogP contribution < -0.4 is 5.32 Å². The Balaban J connectivity index is 1.36. The molecular weight excluding hydrogens is 310 g/mol. The van der Waals surface area contributed by atoms with Crippen LogP contribution in [0.15, 0.2) is 48.7 Å². The van der Waals surface area contributed by atoms with Crippen molar-refractivity contribution in [3.63, 3.8) is 0 Å². The number of para-hydroxylation sites is 2. The topological polar surface area (TPSA) is 48.1 Å². The molecule has 2 aliphatic rings. The van der Waals surface area contributed by atoms with E-state index in [2.05, 4.69) is 63.9 Å². The fraction of sp³-hybridized carbons (Fsp3) is 0.286. The Morgan fingerprint density at radius 2 is 2.04 bits per heavy atom.